The smallest absolute Gasteiger partial charge is 0.326 e. The Balaban J connectivity index is 1.85. The van der Waals surface area contributed by atoms with Crippen LogP contribution in [0.3, 0.4) is 0 Å². The first-order chi connectivity index (χ1) is 9.23. The SMILES string of the molecule is CCNC1(C(=O)OC)CCCC1CCOCC1CC1. The highest BCUT2D eigenvalue weighted by Gasteiger charge is 2.48. The van der Waals surface area contributed by atoms with Crippen LogP contribution in [-0.4, -0.2) is 38.4 Å². The maximum atomic E-state index is 12.2. The Bertz CT molecular complexity index is 304. The molecular formula is C15H27NO3. The van der Waals surface area contributed by atoms with Gasteiger partial charge in [0.25, 0.3) is 0 Å². The van der Waals surface area contributed by atoms with Crippen molar-refractivity contribution < 1.29 is 14.3 Å². The molecule has 2 atom stereocenters. The topological polar surface area (TPSA) is 47.6 Å². The van der Waals surface area contributed by atoms with Crippen LogP contribution in [0.15, 0.2) is 0 Å². The van der Waals surface area contributed by atoms with Crippen LogP contribution in [0.25, 0.3) is 0 Å². The molecule has 0 aromatic carbocycles. The van der Waals surface area contributed by atoms with Crippen molar-refractivity contribution in [1.82, 2.24) is 5.32 Å². The molecule has 4 heteroatoms. The number of ether oxygens (including phenoxy) is 2. The summed E-state index contributed by atoms with van der Waals surface area (Å²) in [6.07, 6.45) is 6.68. The molecule has 2 aliphatic rings. The second-order valence-corrected chi connectivity index (χ2v) is 5.89. The summed E-state index contributed by atoms with van der Waals surface area (Å²) < 4.78 is 10.8. The van der Waals surface area contributed by atoms with Crippen molar-refractivity contribution >= 4 is 5.97 Å². The quantitative estimate of drug-likeness (QED) is 0.541. The van der Waals surface area contributed by atoms with Crippen molar-refractivity contribution in [3.8, 4) is 0 Å². The Hall–Kier alpha value is -0.610. The molecule has 0 aliphatic heterocycles. The van der Waals surface area contributed by atoms with E-state index in [0.717, 1.165) is 51.4 Å². The minimum atomic E-state index is -0.466. The first-order valence-corrected chi connectivity index (χ1v) is 7.64. The van der Waals surface area contributed by atoms with Gasteiger partial charge in [0.2, 0.25) is 0 Å². The van der Waals surface area contributed by atoms with Crippen molar-refractivity contribution in [2.45, 2.75) is 51.0 Å². The molecule has 0 amide bonds. The van der Waals surface area contributed by atoms with Crippen molar-refractivity contribution in [2.24, 2.45) is 11.8 Å². The molecule has 2 unspecified atom stereocenters. The van der Waals surface area contributed by atoms with Gasteiger partial charge in [-0.05, 0) is 50.5 Å². The molecule has 4 nitrogen and oxygen atoms in total. The number of rotatable bonds is 8. The predicted octanol–water partition coefficient (Wildman–Crippen LogP) is 2.12. The average Bonchev–Trinajstić information content (AvgIpc) is 3.16. The number of hydrogen-bond acceptors (Lipinski definition) is 4. The lowest BCUT2D eigenvalue weighted by molar-refractivity contribution is -0.150. The van der Waals surface area contributed by atoms with E-state index in [0.29, 0.717) is 5.92 Å². The lowest BCUT2D eigenvalue weighted by Crippen LogP contribution is -2.55. The summed E-state index contributed by atoms with van der Waals surface area (Å²) in [5.41, 5.74) is -0.466. The van der Waals surface area contributed by atoms with Gasteiger partial charge in [-0.25, -0.2) is 0 Å². The van der Waals surface area contributed by atoms with E-state index in [2.05, 4.69) is 5.32 Å². The second kappa shape index (κ2) is 6.71. The van der Waals surface area contributed by atoms with Gasteiger partial charge in [-0.3, -0.25) is 4.79 Å². The third-order valence-electron chi connectivity index (χ3n) is 4.52. The highest BCUT2D eigenvalue weighted by Crippen LogP contribution is 2.39. The first kappa shape index (κ1) is 14.8. The summed E-state index contributed by atoms with van der Waals surface area (Å²) in [4.78, 5) is 12.2. The number of esters is 1. The van der Waals surface area contributed by atoms with Gasteiger partial charge in [0.05, 0.1) is 7.11 Å². The number of nitrogens with one attached hydrogen (secondary N) is 1. The first-order valence-electron chi connectivity index (χ1n) is 7.64. The van der Waals surface area contributed by atoms with Gasteiger partial charge in [0.1, 0.15) is 5.54 Å². The molecule has 19 heavy (non-hydrogen) atoms. The Labute approximate surface area is 116 Å². The molecule has 110 valence electrons. The second-order valence-electron chi connectivity index (χ2n) is 5.89. The molecule has 0 saturated heterocycles. The Morgan fingerprint density at radius 3 is 2.79 bits per heavy atom. The maximum Gasteiger partial charge on any atom is 0.326 e. The molecule has 2 rings (SSSR count). The van der Waals surface area contributed by atoms with Gasteiger partial charge in [-0.2, -0.15) is 0 Å². The normalized spacial score (nSPS) is 30.5. The Kier molecular flexibility index (Phi) is 5.22. The monoisotopic (exact) mass is 269 g/mol. The summed E-state index contributed by atoms with van der Waals surface area (Å²) in [7, 11) is 1.49. The van der Waals surface area contributed by atoms with E-state index >= 15 is 0 Å². The van der Waals surface area contributed by atoms with E-state index in [1.807, 2.05) is 6.92 Å². The molecule has 1 N–H and O–H groups in total. The molecule has 0 aromatic rings. The zero-order chi connectivity index (χ0) is 13.7. The third kappa shape index (κ3) is 3.48. The van der Waals surface area contributed by atoms with E-state index in [1.54, 1.807) is 0 Å². The molecule has 0 radical (unpaired) electrons. The number of likely N-dealkylation sites (N-methyl/N-ethyl adjacent to an activating group) is 1. The predicted molar refractivity (Wildman–Crippen MR) is 73.9 cm³/mol. The highest BCUT2D eigenvalue weighted by molar-refractivity contribution is 5.81. The van der Waals surface area contributed by atoms with Gasteiger partial charge in [0.15, 0.2) is 0 Å². The largest absolute Gasteiger partial charge is 0.468 e. The molecule has 2 saturated carbocycles. The molecule has 2 fully saturated rings. The van der Waals surface area contributed by atoms with E-state index in [9.17, 15) is 4.79 Å². The van der Waals surface area contributed by atoms with Crippen molar-refractivity contribution in [1.29, 1.82) is 0 Å². The van der Waals surface area contributed by atoms with Crippen LogP contribution in [-0.2, 0) is 14.3 Å². The van der Waals surface area contributed by atoms with Crippen LogP contribution in [0, 0.1) is 11.8 Å². The van der Waals surface area contributed by atoms with Crippen molar-refractivity contribution in [2.75, 3.05) is 26.9 Å². The standard InChI is InChI=1S/C15H27NO3/c1-3-16-15(14(17)18-2)9-4-5-13(15)8-10-19-11-12-6-7-12/h12-13,16H,3-11H2,1-2H3. The van der Waals surface area contributed by atoms with Crippen LogP contribution in [0.5, 0.6) is 0 Å². The minimum Gasteiger partial charge on any atom is -0.468 e. The lowest BCUT2D eigenvalue weighted by atomic mass is 9.84. The van der Waals surface area contributed by atoms with E-state index in [4.69, 9.17) is 9.47 Å². The van der Waals surface area contributed by atoms with E-state index in [-0.39, 0.29) is 5.97 Å². The fourth-order valence-electron chi connectivity index (χ4n) is 3.30. The van der Waals surface area contributed by atoms with Crippen LogP contribution in [0.2, 0.25) is 0 Å². The van der Waals surface area contributed by atoms with Gasteiger partial charge in [-0.1, -0.05) is 13.3 Å². The lowest BCUT2D eigenvalue weighted by Gasteiger charge is -2.33. The average molecular weight is 269 g/mol. The van der Waals surface area contributed by atoms with Crippen molar-refractivity contribution in [3.05, 3.63) is 0 Å². The van der Waals surface area contributed by atoms with Crippen LogP contribution in [0.4, 0.5) is 0 Å². The molecular weight excluding hydrogens is 242 g/mol. The van der Waals surface area contributed by atoms with Crippen LogP contribution in [0.1, 0.15) is 45.4 Å². The molecule has 0 spiro atoms. The van der Waals surface area contributed by atoms with Crippen LogP contribution >= 0.6 is 0 Å². The van der Waals surface area contributed by atoms with Crippen molar-refractivity contribution in [3.63, 3.8) is 0 Å². The van der Waals surface area contributed by atoms with Gasteiger partial charge < -0.3 is 14.8 Å². The van der Waals surface area contributed by atoms with E-state index < -0.39 is 5.54 Å². The molecule has 0 bridgehead atoms. The summed E-state index contributed by atoms with van der Waals surface area (Å²) >= 11 is 0. The summed E-state index contributed by atoms with van der Waals surface area (Å²) in [5, 5.41) is 3.39. The number of carbonyl (C=O) groups excluding carboxylic acids is 1. The van der Waals surface area contributed by atoms with E-state index in [1.165, 1.54) is 20.0 Å². The van der Waals surface area contributed by atoms with Gasteiger partial charge >= 0.3 is 5.97 Å². The molecule has 0 heterocycles. The number of methoxy groups -OCH3 is 1. The third-order valence-corrected chi connectivity index (χ3v) is 4.52. The van der Waals surface area contributed by atoms with Gasteiger partial charge in [-0.15, -0.1) is 0 Å². The summed E-state index contributed by atoms with van der Waals surface area (Å²) in [6.45, 7) is 4.52. The highest BCUT2D eigenvalue weighted by atomic mass is 16.5. The zero-order valence-corrected chi connectivity index (χ0v) is 12.2. The summed E-state index contributed by atoms with van der Waals surface area (Å²) in [5.74, 6) is 1.06. The Morgan fingerprint density at radius 1 is 1.37 bits per heavy atom. The Morgan fingerprint density at radius 2 is 2.16 bits per heavy atom. The maximum absolute atomic E-state index is 12.2. The summed E-state index contributed by atoms with van der Waals surface area (Å²) in [6, 6.07) is 0. The molecule has 0 aromatic heterocycles. The number of hydrogen-bond donors (Lipinski definition) is 1. The fraction of sp³-hybridized carbons (Fsp3) is 0.933. The fourth-order valence-corrected chi connectivity index (χ4v) is 3.30. The van der Waals surface area contributed by atoms with Gasteiger partial charge in [0, 0.05) is 13.2 Å². The zero-order valence-electron chi connectivity index (χ0n) is 12.2. The molecule has 2 aliphatic carbocycles. The van der Waals surface area contributed by atoms with Crippen LogP contribution < -0.4 is 5.32 Å². The minimum absolute atomic E-state index is 0.0981. The number of carbonyl (C=O) groups is 1.